The minimum Gasteiger partial charge on any atom is -0.478 e. The second kappa shape index (κ2) is 3.05. The van der Waals surface area contributed by atoms with Crippen LogP contribution in [-0.4, -0.2) is 25.2 Å². The van der Waals surface area contributed by atoms with Crippen molar-refractivity contribution in [2.24, 2.45) is 4.40 Å². The maximum atomic E-state index is 11.5. The van der Waals surface area contributed by atoms with Crippen LogP contribution in [0.15, 0.2) is 21.4 Å². The molecule has 0 unspecified atom stereocenters. The van der Waals surface area contributed by atoms with Crippen LogP contribution in [0, 0.1) is 0 Å². The van der Waals surface area contributed by atoms with Crippen molar-refractivity contribution in [2.45, 2.75) is 11.8 Å². The van der Waals surface area contributed by atoms with Crippen LogP contribution in [0.4, 0.5) is 5.69 Å². The van der Waals surface area contributed by atoms with Gasteiger partial charge < -0.3 is 10.8 Å². The van der Waals surface area contributed by atoms with Gasteiger partial charge in [0, 0.05) is 5.56 Å². The van der Waals surface area contributed by atoms with Gasteiger partial charge in [-0.05, 0) is 19.1 Å². The highest BCUT2D eigenvalue weighted by molar-refractivity contribution is 7.90. The Bertz CT molecular complexity index is 631. The predicted octanol–water partition coefficient (Wildman–Crippen LogP) is 0.478. The Hall–Kier alpha value is -1.89. The van der Waals surface area contributed by atoms with Crippen molar-refractivity contribution in [3.8, 4) is 0 Å². The molecule has 1 aromatic carbocycles. The van der Waals surface area contributed by atoms with Gasteiger partial charge in [-0.25, -0.2) is 4.79 Å². The summed E-state index contributed by atoms with van der Waals surface area (Å²) in [7, 11) is -3.70. The van der Waals surface area contributed by atoms with Gasteiger partial charge in [-0.2, -0.15) is 12.8 Å². The number of nitrogen functional groups attached to an aromatic ring is 1. The molecule has 0 aliphatic carbocycles. The average Bonchev–Trinajstić information content (AvgIpc) is 2.37. The van der Waals surface area contributed by atoms with Gasteiger partial charge in [0.15, 0.2) is 0 Å². The van der Waals surface area contributed by atoms with E-state index in [0.29, 0.717) is 0 Å². The number of carbonyl (C=O) groups is 1. The lowest BCUT2D eigenvalue weighted by Gasteiger charge is -2.06. The van der Waals surface area contributed by atoms with E-state index in [-0.39, 0.29) is 27.4 Å². The van der Waals surface area contributed by atoms with E-state index >= 15 is 0 Å². The number of sulfonamides is 1. The highest BCUT2D eigenvalue weighted by Gasteiger charge is 2.30. The van der Waals surface area contributed by atoms with Crippen molar-refractivity contribution >= 4 is 27.4 Å². The molecule has 7 heteroatoms. The molecule has 6 nitrogen and oxygen atoms in total. The smallest absolute Gasteiger partial charge is 0.337 e. The van der Waals surface area contributed by atoms with Crippen molar-refractivity contribution in [2.75, 3.05) is 5.73 Å². The molecule has 0 saturated carbocycles. The van der Waals surface area contributed by atoms with Crippen LogP contribution in [0.1, 0.15) is 22.8 Å². The third kappa shape index (κ3) is 1.28. The Labute approximate surface area is 91.5 Å². The first-order chi connectivity index (χ1) is 7.34. The van der Waals surface area contributed by atoms with E-state index < -0.39 is 16.0 Å². The van der Waals surface area contributed by atoms with E-state index in [1.165, 1.54) is 19.1 Å². The molecule has 1 heterocycles. The van der Waals surface area contributed by atoms with Crippen molar-refractivity contribution < 1.29 is 18.3 Å². The summed E-state index contributed by atoms with van der Waals surface area (Å²) >= 11 is 0. The first kappa shape index (κ1) is 10.6. The number of benzene rings is 1. The number of aromatic carboxylic acids is 1. The van der Waals surface area contributed by atoms with Crippen LogP contribution in [0.2, 0.25) is 0 Å². The van der Waals surface area contributed by atoms with Gasteiger partial charge in [0.05, 0.1) is 17.0 Å². The summed E-state index contributed by atoms with van der Waals surface area (Å²) in [5, 5.41) is 8.84. The van der Waals surface area contributed by atoms with Crippen molar-refractivity contribution in [3.63, 3.8) is 0 Å². The molecule has 2 rings (SSSR count). The first-order valence-electron chi connectivity index (χ1n) is 4.32. The van der Waals surface area contributed by atoms with E-state index in [4.69, 9.17) is 10.8 Å². The topological polar surface area (TPSA) is 110 Å². The fourth-order valence-electron chi connectivity index (χ4n) is 1.65. The van der Waals surface area contributed by atoms with Crippen molar-refractivity contribution in [1.82, 2.24) is 0 Å². The van der Waals surface area contributed by atoms with Gasteiger partial charge in [-0.1, -0.05) is 0 Å². The molecule has 16 heavy (non-hydrogen) atoms. The lowest BCUT2D eigenvalue weighted by molar-refractivity contribution is 0.0698. The van der Waals surface area contributed by atoms with E-state index in [0.717, 1.165) is 0 Å². The second-order valence-corrected chi connectivity index (χ2v) is 4.93. The van der Waals surface area contributed by atoms with Crippen LogP contribution < -0.4 is 5.73 Å². The van der Waals surface area contributed by atoms with Crippen LogP contribution in [0.3, 0.4) is 0 Å². The van der Waals surface area contributed by atoms with Gasteiger partial charge in [0.25, 0.3) is 10.0 Å². The standard InChI is InChI=1S/C9H8N2O4S/c1-4-7-6(16(14,15)11-4)3-2-5(8(7)10)9(12)13/h2-3H,10H2,1H3,(H,12,13). The number of anilines is 1. The van der Waals surface area contributed by atoms with Gasteiger partial charge in [0.2, 0.25) is 0 Å². The molecule has 0 fully saturated rings. The molecule has 0 radical (unpaired) electrons. The SMILES string of the molecule is CC1=NS(=O)(=O)c2ccc(C(=O)O)c(N)c21. The molecule has 0 bridgehead atoms. The summed E-state index contributed by atoms with van der Waals surface area (Å²) in [6.07, 6.45) is 0. The predicted molar refractivity (Wildman–Crippen MR) is 57.2 cm³/mol. The fraction of sp³-hybridized carbons (Fsp3) is 0.111. The van der Waals surface area contributed by atoms with Crippen LogP contribution in [0.25, 0.3) is 0 Å². The average molecular weight is 240 g/mol. The molecule has 0 saturated heterocycles. The number of carboxylic acid groups (broad SMARTS) is 1. The Morgan fingerprint density at radius 2 is 2.06 bits per heavy atom. The van der Waals surface area contributed by atoms with Crippen LogP contribution >= 0.6 is 0 Å². The molecule has 0 atom stereocenters. The highest BCUT2D eigenvalue weighted by Crippen LogP contribution is 2.32. The zero-order valence-electron chi connectivity index (χ0n) is 8.26. The van der Waals surface area contributed by atoms with Crippen molar-refractivity contribution in [1.29, 1.82) is 0 Å². The minimum absolute atomic E-state index is 0.0347. The lowest BCUT2D eigenvalue weighted by atomic mass is 10.0. The zero-order valence-corrected chi connectivity index (χ0v) is 9.08. The number of nitrogens with zero attached hydrogens (tertiary/aromatic N) is 1. The number of carboxylic acids is 1. The molecular formula is C9H8N2O4S. The first-order valence-corrected chi connectivity index (χ1v) is 5.76. The molecule has 84 valence electrons. The summed E-state index contributed by atoms with van der Waals surface area (Å²) < 4.78 is 26.5. The molecule has 0 spiro atoms. The van der Waals surface area contributed by atoms with Gasteiger partial charge in [0.1, 0.15) is 4.90 Å². The lowest BCUT2D eigenvalue weighted by Crippen LogP contribution is -2.08. The van der Waals surface area contributed by atoms with E-state index in [1.807, 2.05) is 0 Å². The minimum atomic E-state index is -3.70. The quantitative estimate of drug-likeness (QED) is 0.693. The zero-order chi connectivity index (χ0) is 12.1. The largest absolute Gasteiger partial charge is 0.478 e. The van der Waals surface area contributed by atoms with Gasteiger partial charge >= 0.3 is 5.97 Å². The van der Waals surface area contributed by atoms with E-state index in [1.54, 1.807) is 0 Å². The summed E-state index contributed by atoms with van der Waals surface area (Å²) in [5.41, 5.74) is 5.85. The molecule has 0 aromatic heterocycles. The third-order valence-corrected chi connectivity index (χ3v) is 3.74. The summed E-state index contributed by atoms with van der Waals surface area (Å²) in [6, 6.07) is 2.38. The fourth-order valence-corrected chi connectivity index (χ4v) is 2.96. The highest BCUT2D eigenvalue weighted by atomic mass is 32.2. The Morgan fingerprint density at radius 1 is 1.44 bits per heavy atom. The van der Waals surface area contributed by atoms with Crippen LogP contribution in [-0.2, 0) is 10.0 Å². The third-order valence-electron chi connectivity index (χ3n) is 2.33. The van der Waals surface area contributed by atoms with E-state index in [2.05, 4.69) is 4.40 Å². The summed E-state index contributed by atoms with van der Waals surface area (Å²) in [6.45, 7) is 1.48. The normalized spacial score (nSPS) is 16.7. The molecule has 1 aliphatic rings. The number of nitrogens with two attached hydrogens (primary N) is 1. The van der Waals surface area contributed by atoms with E-state index in [9.17, 15) is 13.2 Å². The molecular weight excluding hydrogens is 232 g/mol. The van der Waals surface area contributed by atoms with Crippen LogP contribution in [0.5, 0.6) is 0 Å². The van der Waals surface area contributed by atoms with Gasteiger partial charge in [-0.3, -0.25) is 0 Å². The Balaban J connectivity index is 2.85. The maximum absolute atomic E-state index is 11.5. The number of hydrogen-bond acceptors (Lipinski definition) is 4. The molecule has 1 aromatic rings. The Morgan fingerprint density at radius 3 is 2.62 bits per heavy atom. The molecule has 1 aliphatic heterocycles. The second-order valence-electron chi connectivity index (χ2n) is 3.36. The number of rotatable bonds is 1. The Kier molecular flexibility index (Phi) is 2.02. The number of fused-ring (bicyclic) bond motifs is 1. The van der Waals surface area contributed by atoms with Crippen molar-refractivity contribution in [3.05, 3.63) is 23.3 Å². The number of hydrogen-bond donors (Lipinski definition) is 2. The molecule has 3 N–H and O–H groups in total. The molecule has 0 amide bonds. The summed E-state index contributed by atoms with van der Waals surface area (Å²) in [5.74, 6) is -1.20. The van der Waals surface area contributed by atoms with Gasteiger partial charge in [-0.15, -0.1) is 0 Å². The monoisotopic (exact) mass is 240 g/mol. The maximum Gasteiger partial charge on any atom is 0.337 e. The summed E-state index contributed by atoms with van der Waals surface area (Å²) in [4.78, 5) is 10.8.